The fraction of sp³-hybridized carbons (Fsp3) is 0.125. The summed E-state index contributed by atoms with van der Waals surface area (Å²) in [6.07, 6.45) is 1.97. The van der Waals surface area contributed by atoms with Gasteiger partial charge in [-0.15, -0.1) is 0 Å². The van der Waals surface area contributed by atoms with Gasteiger partial charge in [0.1, 0.15) is 10.3 Å². The van der Waals surface area contributed by atoms with E-state index in [1.54, 1.807) is 0 Å². The maximum atomic E-state index is 4.24. The van der Waals surface area contributed by atoms with Gasteiger partial charge in [0.05, 0.1) is 5.69 Å². The van der Waals surface area contributed by atoms with E-state index in [4.69, 9.17) is 0 Å². The number of aromatic nitrogens is 2. The molecule has 1 radical (unpaired) electrons. The van der Waals surface area contributed by atoms with Crippen LogP contribution >= 0.6 is 15.9 Å². The zero-order valence-electron chi connectivity index (χ0n) is 6.00. The fourth-order valence-corrected chi connectivity index (χ4v) is 1.38. The molecule has 0 atom stereocenters. The summed E-state index contributed by atoms with van der Waals surface area (Å²) < 4.78 is 2.88. The smallest absolute Gasteiger partial charge is 0.146 e. The van der Waals surface area contributed by atoms with Gasteiger partial charge in [0.15, 0.2) is 0 Å². The minimum atomic E-state index is 0.858. The van der Waals surface area contributed by atoms with Crippen molar-refractivity contribution in [3.63, 3.8) is 0 Å². The fourth-order valence-electron chi connectivity index (χ4n) is 1.02. The molecule has 0 aliphatic carbocycles. The van der Waals surface area contributed by atoms with Crippen molar-refractivity contribution in [2.24, 2.45) is 0 Å². The van der Waals surface area contributed by atoms with Crippen molar-refractivity contribution in [3.05, 3.63) is 34.7 Å². The maximum Gasteiger partial charge on any atom is 0.146 e. The van der Waals surface area contributed by atoms with Crippen LogP contribution in [0, 0.1) is 13.0 Å². The summed E-state index contributed by atoms with van der Waals surface area (Å²) in [6.45, 7) is 2.01. The molecule has 2 rings (SSSR count). The Bertz CT molecular complexity index is 392. The zero-order valence-corrected chi connectivity index (χ0v) is 7.59. The van der Waals surface area contributed by atoms with E-state index in [9.17, 15) is 0 Å². The normalized spacial score (nSPS) is 10.7. The first-order chi connectivity index (χ1) is 5.29. The Morgan fingerprint density at radius 1 is 1.64 bits per heavy atom. The van der Waals surface area contributed by atoms with E-state index in [2.05, 4.69) is 27.0 Å². The molecule has 0 aliphatic heterocycles. The third-order valence-electron chi connectivity index (χ3n) is 1.64. The van der Waals surface area contributed by atoms with Crippen molar-refractivity contribution in [2.45, 2.75) is 6.92 Å². The Morgan fingerprint density at radius 3 is 3.18 bits per heavy atom. The van der Waals surface area contributed by atoms with Crippen molar-refractivity contribution >= 4 is 21.6 Å². The van der Waals surface area contributed by atoms with Crippen LogP contribution in [0.2, 0.25) is 0 Å². The van der Waals surface area contributed by atoms with Crippen molar-refractivity contribution in [1.29, 1.82) is 0 Å². The second kappa shape index (κ2) is 2.34. The van der Waals surface area contributed by atoms with Crippen LogP contribution in [0.5, 0.6) is 0 Å². The molecule has 3 heteroatoms. The number of hydrogen-bond donors (Lipinski definition) is 0. The zero-order chi connectivity index (χ0) is 7.84. The van der Waals surface area contributed by atoms with Gasteiger partial charge in [-0.25, -0.2) is 4.98 Å². The molecule has 11 heavy (non-hydrogen) atoms. The predicted molar refractivity (Wildman–Crippen MR) is 46.5 cm³/mol. The van der Waals surface area contributed by atoms with Crippen molar-refractivity contribution in [1.82, 2.24) is 9.38 Å². The molecule has 0 saturated heterocycles. The lowest BCUT2D eigenvalue weighted by Gasteiger charge is -1.91. The largest absolute Gasteiger partial charge is 0.303 e. The lowest BCUT2D eigenvalue weighted by atomic mass is 10.4. The molecule has 0 N–H and O–H groups in total. The van der Waals surface area contributed by atoms with Crippen molar-refractivity contribution in [3.8, 4) is 0 Å². The van der Waals surface area contributed by atoms with Crippen LogP contribution in [0.25, 0.3) is 5.65 Å². The Labute approximate surface area is 73.0 Å². The molecule has 0 aliphatic rings. The highest BCUT2D eigenvalue weighted by atomic mass is 79.9. The van der Waals surface area contributed by atoms with Crippen LogP contribution in [0.4, 0.5) is 0 Å². The summed E-state index contributed by atoms with van der Waals surface area (Å²) in [7, 11) is 0. The average molecular weight is 210 g/mol. The summed E-state index contributed by atoms with van der Waals surface area (Å²) in [6, 6.07) is 6.83. The highest BCUT2D eigenvalue weighted by molar-refractivity contribution is 9.10. The molecule has 0 spiro atoms. The second-order valence-corrected chi connectivity index (χ2v) is 3.09. The first-order valence-electron chi connectivity index (χ1n) is 3.30. The van der Waals surface area contributed by atoms with E-state index in [-0.39, 0.29) is 0 Å². The maximum absolute atomic E-state index is 4.24. The molecule has 0 amide bonds. The number of pyridine rings is 1. The van der Waals surface area contributed by atoms with Crippen LogP contribution < -0.4 is 0 Å². The molecule has 0 aromatic carbocycles. The number of aryl methyl sites for hydroxylation is 1. The Balaban J connectivity index is 2.92. The summed E-state index contributed by atoms with van der Waals surface area (Å²) >= 11 is 3.36. The Kier molecular flexibility index (Phi) is 1.46. The Hall–Kier alpha value is -0.830. The summed E-state index contributed by atoms with van der Waals surface area (Å²) in [5.74, 6) is 0. The molecule has 0 unspecified atom stereocenters. The topological polar surface area (TPSA) is 17.3 Å². The third kappa shape index (κ3) is 0.959. The Morgan fingerprint density at radius 2 is 2.45 bits per heavy atom. The third-order valence-corrected chi connectivity index (χ3v) is 2.39. The van der Waals surface area contributed by atoms with Gasteiger partial charge in [0.25, 0.3) is 0 Å². The van der Waals surface area contributed by atoms with Crippen LogP contribution in [-0.2, 0) is 0 Å². The summed E-state index contributed by atoms with van der Waals surface area (Å²) in [5.41, 5.74) is 1.97. The van der Waals surface area contributed by atoms with E-state index in [0.29, 0.717) is 0 Å². The molecule has 55 valence electrons. The summed E-state index contributed by atoms with van der Waals surface area (Å²) in [5, 5.41) is 0. The van der Waals surface area contributed by atoms with Gasteiger partial charge < -0.3 is 4.40 Å². The van der Waals surface area contributed by atoms with Crippen LogP contribution in [0.15, 0.2) is 22.9 Å². The molecular weight excluding hydrogens is 204 g/mol. The van der Waals surface area contributed by atoms with E-state index in [1.807, 2.05) is 29.7 Å². The van der Waals surface area contributed by atoms with Gasteiger partial charge in [-0.1, -0.05) is 0 Å². The minimum Gasteiger partial charge on any atom is -0.303 e. The SMILES string of the molecule is Cc1c(Br)nc2[c]cccn12. The molecule has 0 fully saturated rings. The number of halogens is 1. The molecule has 0 bridgehead atoms. The number of nitrogens with zero attached hydrogens (tertiary/aromatic N) is 2. The van der Waals surface area contributed by atoms with Gasteiger partial charge in [0, 0.05) is 12.3 Å². The van der Waals surface area contributed by atoms with Crippen LogP contribution in [0.3, 0.4) is 0 Å². The van der Waals surface area contributed by atoms with Crippen LogP contribution in [-0.4, -0.2) is 9.38 Å². The predicted octanol–water partition coefficient (Wildman–Crippen LogP) is 2.21. The molecule has 2 heterocycles. The second-order valence-electron chi connectivity index (χ2n) is 2.33. The first-order valence-corrected chi connectivity index (χ1v) is 4.09. The number of rotatable bonds is 0. The number of fused-ring (bicyclic) bond motifs is 1. The lowest BCUT2D eigenvalue weighted by Crippen LogP contribution is -1.84. The quantitative estimate of drug-likeness (QED) is 0.651. The van der Waals surface area contributed by atoms with E-state index in [0.717, 1.165) is 15.9 Å². The number of imidazole rings is 1. The van der Waals surface area contributed by atoms with Gasteiger partial charge in [-0.2, -0.15) is 0 Å². The molecule has 0 saturated carbocycles. The van der Waals surface area contributed by atoms with E-state index >= 15 is 0 Å². The molecule has 2 nitrogen and oxygen atoms in total. The van der Waals surface area contributed by atoms with Gasteiger partial charge in [-0.3, -0.25) is 0 Å². The average Bonchev–Trinajstić information content (AvgIpc) is 2.30. The summed E-state index contributed by atoms with van der Waals surface area (Å²) in [4.78, 5) is 4.24. The highest BCUT2D eigenvalue weighted by Gasteiger charge is 2.02. The van der Waals surface area contributed by atoms with Crippen molar-refractivity contribution < 1.29 is 0 Å². The molecule has 2 aromatic heterocycles. The highest BCUT2D eigenvalue weighted by Crippen LogP contribution is 2.15. The van der Waals surface area contributed by atoms with E-state index in [1.165, 1.54) is 0 Å². The number of hydrogen-bond acceptors (Lipinski definition) is 1. The lowest BCUT2D eigenvalue weighted by molar-refractivity contribution is 1.10. The van der Waals surface area contributed by atoms with Gasteiger partial charge in [-0.05, 0) is 35.0 Å². The molecular formula is C8H6BrN2. The van der Waals surface area contributed by atoms with Gasteiger partial charge in [0.2, 0.25) is 0 Å². The monoisotopic (exact) mass is 209 g/mol. The standard InChI is InChI=1S/C8H6BrN2/c1-6-8(9)10-7-4-2-3-5-11(6)7/h2-3,5H,1H3. The molecule has 2 aromatic rings. The van der Waals surface area contributed by atoms with Gasteiger partial charge >= 0.3 is 0 Å². The first kappa shape index (κ1) is 6.85. The van der Waals surface area contributed by atoms with E-state index < -0.39 is 0 Å². The van der Waals surface area contributed by atoms with Crippen LogP contribution in [0.1, 0.15) is 5.69 Å². The minimum absolute atomic E-state index is 0.858. The van der Waals surface area contributed by atoms with Crippen molar-refractivity contribution in [2.75, 3.05) is 0 Å².